The molecule has 2 amide bonds. The summed E-state index contributed by atoms with van der Waals surface area (Å²) in [5, 5.41) is 8.64. The summed E-state index contributed by atoms with van der Waals surface area (Å²) in [4.78, 5) is 28.7. The van der Waals surface area contributed by atoms with Gasteiger partial charge in [-0.05, 0) is 12.1 Å². The van der Waals surface area contributed by atoms with E-state index < -0.39 is 17.7 Å². The molecule has 0 saturated heterocycles. The molecular weight excluding hydrogens is 392 g/mol. The SMILES string of the molecule is NC(=O)c1c(-c2ccc3ccc(-c4ccccc4)nc3c2)nn2c1NCC(C(N)=O)C2. The Kier molecular flexibility index (Phi) is 4.39. The molecule has 31 heavy (non-hydrogen) atoms. The van der Waals surface area contributed by atoms with E-state index in [0.717, 1.165) is 27.7 Å². The Morgan fingerprint density at radius 3 is 2.52 bits per heavy atom. The van der Waals surface area contributed by atoms with Crippen LogP contribution in [0, 0.1) is 5.92 Å². The van der Waals surface area contributed by atoms with Crippen LogP contribution in [0.15, 0.2) is 60.7 Å². The molecule has 8 nitrogen and oxygen atoms in total. The first-order chi connectivity index (χ1) is 15.0. The van der Waals surface area contributed by atoms with Crippen molar-refractivity contribution >= 4 is 28.5 Å². The van der Waals surface area contributed by atoms with Gasteiger partial charge in [0.15, 0.2) is 0 Å². The van der Waals surface area contributed by atoms with Gasteiger partial charge < -0.3 is 16.8 Å². The number of benzene rings is 2. The molecule has 0 radical (unpaired) electrons. The first kappa shape index (κ1) is 18.8. The maximum Gasteiger partial charge on any atom is 0.254 e. The maximum atomic E-state index is 12.3. The van der Waals surface area contributed by atoms with Gasteiger partial charge >= 0.3 is 0 Å². The van der Waals surface area contributed by atoms with Crippen molar-refractivity contribution in [1.82, 2.24) is 14.8 Å². The lowest BCUT2D eigenvalue weighted by Crippen LogP contribution is -2.37. The second-order valence-corrected chi connectivity index (χ2v) is 7.57. The van der Waals surface area contributed by atoms with Gasteiger partial charge in [0.1, 0.15) is 17.1 Å². The lowest BCUT2D eigenvalue weighted by molar-refractivity contribution is -0.122. The zero-order chi connectivity index (χ0) is 21.5. The second kappa shape index (κ2) is 7.24. The summed E-state index contributed by atoms with van der Waals surface area (Å²) in [7, 11) is 0. The summed E-state index contributed by atoms with van der Waals surface area (Å²) < 4.78 is 1.59. The predicted octanol–water partition coefficient (Wildman–Crippen LogP) is 2.39. The van der Waals surface area contributed by atoms with Crippen molar-refractivity contribution in [1.29, 1.82) is 0 Å². The third-order valence-corrected chi connectivity index (χ3v) is 5.55. The van der Waals surface area contributed by atoms with Gasteiger partial charge in [-0.25, -0.2) is 9.67 Å². The molecule has 1 aliphatic heterocycles. The van der Waals surface area contributed by atoms with Crippen LogP contribution >= 0.6 is 0 Å². The van der Waals surface area contributed by atoms with E-state index >= 15 is 0 Å². The van der Waals surface area contributed by atoms with E-state index in [1.165, 1.54) is 0 Å². The number of primary amides is 2. The van der Waals surface area contributed by atoms with Gasteiger partial charge in [0.25, 0.3) is 5.91 Å². The number of hydrogen-bond acceptors (Lipinski definition) is 5. The standard InChI is InChI=1S/C23H20N6O2/c24-21(30)16-11-26-23-19(22(25)31)20(28-29(23)12-16)15-7-6-14-8-9-17(27-18(14)10-15)13-4-2-1-3-5-13/h1-10,16,26H,11-12H2,(H2,24,30)(H2,25,31). The molecule has 0 fully saturated rings. The highest BCUT2D eigenvalue weighted by molar-refractivity contribution is 6.04. The lowest BCUT2D eigenvalue weighted by atomic mass is 10.0. The number of aromatic nitrogens is 3. The number of amides is 2. The molecule has 0 bridgehead atoms. The number of carbonyl (C=O) groups excluding carboxylic acids is 2. The maximum absolute atomic E-state index is 12.3. The van der Waals surface area contributed by atoms with Crippen molar-refractivity contribution in [2.24, 2.45) is 17.4 Å². The highest BCUT2D eigenvalue weighted by Crippen LogP contribution is 2.33. The van der Waals surface area contributed by atoms with E-state index in [-0.39, 0.29) is 0 Å². The molecule has 1 atom stereocenters. The third kappa shape index (κ3) is 3.28. The van der Waals surface area contributed by atoms with Crippen LogP contribution in [0.5, 0.6) is 0 Å². The van der Waals surface area contributed by atoms with Gasteiger partial charge in [-0.3, -0.25) is 9.59 Å². The Balaban J connectivity index is 1.62. The molecular formula is C23H20N6O2. The summed E-state index contributed by atoms with van der Waals surface area (Å²) in [6.07, 6.45) is 0. The number of pyridine rings is 1. The number of nitrogens with one attached hydrogen (secondary N) is 1. The quantitative estimate of drug-likeness (QED) is 0.474. The number of anilines is 1. The molecule has 8 heteroatoms. The molecule has 5 rings (SSSR count). The van der Waals surface area contributed by atoms with Crippen LogP contribution in [-0.4, -0.2) is 33.1 Å². The average molecular weight is 412 g/mol. The number of fused-ring (bicyclic) bond motifs is 2. The summed E-state index contributed by atoms with van der Waals surface area (Å²) in [6.45, 7) is 0.627. The predicted molar refractivity (Wildman–Crippen MR) is 118 cm³/mol. The summed E-state index contributed by atoms with van der Waals surface area (Å²) in [5.74, 6) is -0.912. The molecule has 2 aromatic carbocycles. The fourth-order valence-electron chi connectivity index (χ4n) is 3.93. The topological polar surface area (TPSA) is 129 Å². The normalized spacial score (nSPS) is 15.3. The van der Waals surface area contributed by atoms with E-state index in [9.17, 15) is 9.59 Å². The molecule has 2 aromatic heterocycles. The van der Waals surface area contributed by atoms with Crippen molar-refractivity contribution in [2.75, 3.05) is 11.9 Å². The van der Waals surface area contributed by atoms with Crippen LogP contribution in [0.3, 0.4) is 0 Å². The molecule has 4 aromatic rings. The van der Waals surface area contributed by atoms with Crippen molar-refractivity contribution in [3.63, 3.8) is 0 Å². The highest BCUT2D eigenvalue weighted by Gasteiger charge is 2.30. The van der Waals surface area contributed by atoms with Gasteiger partial charge in [-0.1, -0.05) is 48.5 Å². The number of nitrogens with two attached hydrogens (primary N) is 2. The van der Waals surface area contributed by atoms with Gasteiger partial charge in [0.05, 0.1) is 23.7 Å². The van der Waals surface area contributed by atoms with E-state index in [1.54, 1.807) is 4.68 Å². The average Bonchev–Trinajstić information content (AvgIpc) is 3.18. The largest absolute Gasteiger partial charge is 0.369 e. The van der Waals surface area contributed by atoms with Crippen LogP contribution in [-0.2, 0) is 11.3 Å². The molecule has 1 aliphatic rings. The summed E-state index contributed by atoms with van der Waals surface area (Å²) in [6, 6.07) is 19.6. The van der Waals surface area contributed by atoms with Crippen molar-refractivity contribution < 1.29 is 9.59 Å². The molecule has 0 aliphatic carbocycles. The third-order valence-electron chi connectivity index (χ3n) is 5.55. The molecule has 1 unspecified atom stereocenters. The van der Waals surface area contributed by atoms with Gasteiger partial charge in [0, 0.05) is 23.1 Å². The first-order valence-corrected chi connectivity index (χ1v) is 9.91. The van der Waals surface area contributed by atoms with E-state index in [0.29, 0.717) is 30.2 Å². The summed E-state index contributed by atoms with van der Waals surface area (Å²) in [5.41, 5.74) is 15.3. The number of carbonyl (C=O) groups is 2. The lowest BCUT2D eigenvalue weighted by Gasteiger charge is -2.22. The number of nitrogens with zero attached hydrogens (tertiary/aromatic N) is 3. The monoisotopic (exact) mass is 412 g/mol. The first-order valence-electron chi connectivity index (χ1n) is 9.91. The Morgan fingerprint density at radius 1 is 1.00 bits per heavy atom. The van der Waals surface area contributed by atoms with Crippen molar-refractivity contribution in [3.8, 4) is 22.5 Å². The fraction of sp³-hybridized carbons (Fsp3) is 0.130. The Bertz CT molecular complexity index is 1330. The zero-order valence-electron chi connectivity index (χ0n) is 16.6. The van der Waals surface area contributed by atoms with E-state index in [4.69, 9.17) is 16.5 Å². The molecule has 0 saturated carbocycles. The molecule has 0 spiro atoms. The van der Waals surface area contributed by atoms with Crippen LogP contribution in [0.1, 0.15) is 10.4 Å². The van der Waals surface area contributed by atoms with E-state index in [1.807, 2.05) is 60.7 Å². The van der Waals surface area contributed by atoms with E-state index in [2.05, 4.69) is 10.4 Å². The number of rotatable bonds is 4. The smallest absolute Gasteiger partial charge is 0.254 e. The minimum Gasteiger partial charge on any atom is -0.369 e. The van der Waals surface area contributed by atoms with Crippen LogP contribution in [0.4, 0.5) is 5.82 Å². The van der Waals surface area contributed by atoms with Gasteiger partial charge in [-0.2, -0.15) is 5.10 Å². The Labute approximate surface area is 177 Å². The van der Waals surface area contributed by atoms with Crippen molar-refractivity contribution in [3.05, 3.63) is 66.2 Å². The molecule has 3 heterocycles. The Hall–Kier alpha value is -4.20. The fourth-order valence-corrected chi connectivity index (χ4v) is 3.93. The second-order valence-electron chi connectivity index (χ2n) is 7.57. The zero-order valence-corrected chi connectivity index (χ0v) is 16.6. The van der Waals surface area contributed by atoms with Crippen molar-refractivity contribution in [2.45, 2.75) is 6.54 Å². The molecule has 154 valence electrons. The van der Waals surface area contributed by atoms with Crippen LogP contribution in [0.2, 0.25) is 0 Å². The highest BCUT2D eigenvalue weighted by atomic mass is 16.1. The van der Waals surface area contributed by atoms with Gasteiger partial charge in [0.2, 0.25) is 5.91 Å². The van der Waals surface area contributed by atoms with Crippen LogP contribution < -0.4 is 16.8 Å². The van der Waals surface area contributed by atoms with Crippen LogP contribution in [0.25, 0.3) is 33.4 Å². The Morgan fingerprint density at radius 2 is 1.77 bits per heavy atom. The summed E-state index contributed by atoms with van der Waals surface area (Å²) >= 11 is 0. The number of hydrogen-bond donors (Lipinski definition) is 3. The molecule has 5 N–H and O–H groups in total. The minimum absolute atomic E-state index is 0.293. The minimum atomic E-state index is -0.590. The van der Waals surface area contributed by atoms with Gasteiger partial charge in [-0.15, -0.1) is 0 Å².